The van der Waals surface area contributed by atoms with Crippen molar-refractivity contribution < 1.29 is 28.8 Å². The van der Waals surface area contributed by atoms with Crippen LogP contribution < -0.4 is 5.32 Å². The minimum Gasteiger partial charge on any atom is -0.444 e. The van der Waals surface area contributed by atoms with Gasteiger partial charge in [-0.25, -0.2) is 9.59 Å². The highest BCUT2D eigenvalue weighted by atomic mass is 16.7. The third kappa shape index (κ3) is 5.17. The molecule has 8 nitrogen and oxygen atoms in total. The van der Waals surface area contributed by atoms with Crippen LogP contribution in [0.4, 0.5) is 4.79 Å². The number of hydroxylamine groups is 2. The smallest absolute Gasteiger partial charge is 0.407 e. The van der Waals surface area contributed by atoms with Crippen LogP contribution in [0.25, 0.3) is 0 Å². The van der Waals surface area contributed by atoms with Crippen molar-refractivity contribution in [3.05, 3.63) is 35.4 Å². The molecule has 0 radical (unpaired) electrons. The summed E-state index contributed by atoms with van der Waals surface area (Å²) in [5.41, 5.74) is -0.265. The third-order valence-electron chi connectivity index (χ3n) is 5.26. The van der Waals surface area contributed by atoms with E-state index in [2.05, 4.69) is 5.32 Å². The highest BCUT2D eigenvalue weighted by Gasteiger charge is 2.39. The number of carbonyl (C=O) groups is 4. The number of fused-ring (bicyclic) bond motifs is 1. The molecule has 1 saturated carbocycles. The Labute approximate surface area is 175 Å². The lowest BCUT2D eigenvalue weighted by molar-refractivity contribution is -0.169. The van der Waals surface area contributed by atoms with Gasteiger partial charge in [0.05, 0.1) is 17.5 Å². The molecular weight excluding hydrogens is 388 g/mol. The van der Waals surface area contributed by atoms with E-state index in [0.29, 0.717) is 5.06 Å². The molecule has 1 fully saturated rings. The Balaban J connectivity index is 1.66. The predicted molar refractivity (Wildman–Crippen MR) is 107 cm³/mol. The van der Waals surface area contributed by atoms with Gasteiger partial charge in [-0.1, -0.05) is 36.5 Å². The molecule has 3 amide bonds. The topological polar surface area (TPSA) is 102 Å². The summed E-state index contributed by atoms with van der Waals surface area (Å²) in [5.74, 6) is -1.99. The van der Waals surface area contributed by atoms with E-state index in [1.165, 1.54) is 12.1 Å². The Morgan fingerprint density at radius 1 is 1.07 bits per heavy atom. The maximum absolute atomic E-state index is 12.6. The van der Waals surface area contributed by atoms with Crippen LogP contribution in [0.5, 0.6) is 0 Å². The lowest BCUT2D eigenvalue weighted by atomic mass is 9.82. The van der Waals surface area contributed by atoms with Gasteiger partial charge in [0, 0.05) is 6.04 Å². The Bertz CT molecular complexity index is 803. The highest BCUT2D eigenvalue weighted by molar-refractivity contribution is 6.20. The van der Waals surface area contributed by atoms with Gasteiger partial charge in [-0.15, -0.1) is 0 Å². The summed E-state index contributed by atoms with van der Waals surface area (Å²) in [5, 5.41) is 3.29. The number of benzene rings is 1. The maximum Gasteiger partial charge on any atom is 0.407 e. The fraction of sp³-hybridized carbons (Fsp3) is 0.545. The molecule has 0 bridgehead atoms. The number of hydrogen-bond donors (Lipinski definition) is 1. The van der Waals surface area contributed by atoms with Crippen molar-refractivity contribution in [3.63, 3.8) is 0 Å². The molecule has 1 heterocycles. The molecule has 0 spiro atoms. The second kappa shape index (κ2) is 8.85. The van der Waals surface area contributed by atoms with Gasteiger partial charge in [-0.05, 0) is 51.7 Å². The van der Waals surface area contributed by atoms with Crippen molar-refractivity contribution in [2.45, 2.75) is 70.9 Å². The number of amides is 3. The highest BCUT2D eigenvalue weighted by Crippen LogP contribution is 2.29. The molecule has 1 aromatic carbocycles. The fourth-order valence-corrected chi connectivity index (χ4v) is 3.90. The Morgan fingerprint density at radius 2 is 1.63 bits per heavy atom. The summed E-state index contributed by atoms with van der Waals surface area (Å²) in [6.45, 7) is 5.29. The summed E-state index contributed by atoms with van der Waals surface area (Å²) >= 11 is 0. The zero-order valence-electron chi connectivity index (χ0n) is 17.6. The number of rotatable bonds is 5. The molecule has 1 aromatic rings. The van der Waals surface area contributed by atoms with E-state index in [-0.39, 0.29) is 23.5 Å². The molecule has 2 aliphatic rings. The molecule has 0 aromatic heterocycles. The van der Waals surface area contributed by atoms with Gasteiger partial charge in [-0.2, -0.15) is 0 Å². The average Bonchev–Trinajstić information content (AvgIpc) is 2.92. The second-order valence-electron chi connectivity index (χ2n) is 8.77. The summed E-state index contributed by atoms with van der Waals surface area (Å²) < 4.78 is 5.33. The Morgan fingerprint density at radius 3 is 2.17 bits per heavy atom. The number of carbonyl (C=O) groups excluding carboxylic acids is 4. The zero-order valence-corrected chi connectivity index (χ0v) is 17.6. The van der Waals surface area contributed by atoms with Crippen LogP contribution in [0.15, 0.2) is 24.3 Å². The normalized spacial score (nSPS) is 18.0. The van der Waals surface area contributed by atoms with E-state index >= 15 is 0 Å². The van der Waals surface area contributed by atoms with Gasteiger partial charge >= 0.3 is 12.1 Å². The first-order valence-corrected chi connectivity index (χ1v) is 10.3. The number of nitrogens with zero attached hydrogens (tertiary/aromatic N) is 1. The standard InChI is InChI=1S/C22H28N2O6/c1-22(2,3)29-21(28)23-17(14-9-5-4-6-10-14)13-18(25)30-24-19(26)15-11-7-8-12-16(15)20(24)27/h7-8,11-12,14,17H,4-6,9-10,13H2,1-3H3,(H,23,28). The van der Waals surface area contributed by atoms with Crippen molar-refractivity contribution in [2.75, 3.05) is 0 Å². The van der Waals surface area contributed by atoms with E-state index < -0.39 is 35.5 Å². The first kappa shape index (κ1) is 21.8. The fourth-order valence-electron chi connectivity index (χ4n) is 3.90. The average molecular weight is 416 g/mol. The van der Waals surface area contributed by atoms with E-state index in [1.54, 1.807) is 32.9 Å². The van der Waals surface area contributed by atoms with Crippen molar-refractivity contribution >= 4 is 23.9 Å². The SMILES string of the molecule is CC(C)(C)OC(=O)NC(CC(=O)ON1C(=O)c2ccccc2C1=O)C1CCCCC1. The molecule has 1 N–H and O–H groups in total. The van der Waals surface area contributed by atoms with Crippen molar-refractivity contribution in [3.8, 4) is 0 Å². The first-order valence-electron chi connectivity index (χ1n) is 10.3. The van der Waals surface area contributed by atoms with Crippen molar-refractivity contribution in [2.24, 2.45) is 5.92 Å². The number of hydrogen-bond acceptors (Lipinski definition) is 6. The first-order chi connectivity index (χ1) is 14.2. The molecule has 1 aliphatic carbocycles. The van der Waals surface area contributed by atoms with Gasteiger partial charge in [-0.3, -0.25) is 9.59 Å². The van der Waals surface area contributed by atoms with Crippen LogP contribution >= 0.6 is 0 Å². The molecular formula is C22H28N2O6. The van der Waals surface area contributed by atoms with Gasteiger partial charge in [0.1, 0.15) is 5.60 Å². The van der Waals surface area contributed by atoms with Gasteiger partial charge in [0.2, 0.25) is 0 Å². The monoisotopic (exact) mass is 416 g/mol. The van der Waals surface area contributed by atoms with E-state index in [4.69, 9.17) is 9.57 Å². The van der Waals surface area contributed by atoms with Crippen molar-refractivity contribution in [1.29, 1.82) is 0 Å². The van der Waals surface area contributed by atoms with Crippen LogP contribution in [-0.4, -0.2) is 40.6 Å². The predicted octanol–water partition coefficient (Wildman–Crippen LogP) is 3.60. The molecule has 162 valence electrons. The minimum absolute atomic E-state index is 0.0981. The van der Waals surface area contributed by atoms with Gasteiger partial charge < -0.3 is 14.9 Å². The van der Waals surface area contributed by atoms with Crippen LogP contribution in [-0.2, 0) is 14.4 Å². The summed E-state index contributed by atoms with van der Waals surface area (Å²) in [7, 11) is 0. The van der Waals surface area contributed by atoms with Gasteiger partial charge in [0.25, 0.3) is 11.8 Å². The number of alkyl carbamates (subject to hydrolysis) is 1. The van der Waals surface area contributed by atoms with Crippen LogP contribution in [0.2, 0.25) is 0 Å². The maximum atomic E-state index is 12.6. The number of imide groups is 1. The quantitative estimate of drug-likeness (QED) is 0.736. The zero-order chi connectivity index (χ0) is 21.9. The Hall–Kier alpha value is -2.90. The van der Waals surface area contributed by atoms with Crippen LogP contribution in [0.1, 0.15) is 80.0 Å². The van der Waals surface area contributed by atoms with Crippen LogP contribution in [0, 0.1) is 5.92 Å². The largest absolute Gasteiger partial charge is 0.444 e. The van der Waals surface area contributed by atoms with Crippen molar-refractivity contribution in [1.82, 2.24) is 10.4 Å². The molecule has 8 heteroatoms. The molecule has 0 saturated heterocycles. The molecule has 1 aliphatic heterocycles. The molecule has 30 heavy (non-hydrogen) atoms. The lowest BCUT2D eigenvalue weighted by Gasteiger charge is -2.31. The lowest BCUT2D eigenvalue weighted by Crippen LogP contribution is -2.45. The summed E-state index contributed by atoms with van der Waals surface area (Å²) in [6.07, 6.45) is 4.15. The molecule has 3 rings (SSSR count). The second-order valence-corrected chi connectivity index (χ2v) is 8.77. The van der Waals surface area contributed by atoms with E-state index in [0.717, 1.165) is 32.1 Å². The van der Waals surface area contributed by atoms with E-state index in [9.17, 15) is 19.2 Å². The van der Waals surface area contributed by atoms with Gasteiger partial charge in [0.15, 0.2) is 0 Å². The summed E-state index contributed by atoms with van der Waals surface area (Å²) in [6, 6.07) is 5.80. The molecule has 1 unspecified atom stereocenters. The number of ether oxygens (including phenoxy) is 1. The molecule has 1 atom stereocenters. The minimum atomic E-state index is -0.754. The summed E-state index contributed by atoms with van der Waals surface area (Å²) in [4.78, 5) is 54.8. The Kier molecular flexibility index (Phi) is 6.43. The third-order valence-corrected chi connectivity index (χ3v) is 5.26. The van der Waals surface area contributed by atoms with Crippen LogP contribution in [0.3, 0.4) is 0 Å². The van der Waals surface area contributed by atoms with E-state index in [1.807, 2.05) is 0 Å². The number of nitrogens with one attached hydrogen (secondary N) is 1.